The van der Waals surface area contributed by atoms with Crippen LogP contribution in [0.4, 0.5) is 4.39 Å². The molecule has 0 N–H and O–H groups in total. The van der Waals surface area contributed by atoms with Gasteiger partial charge in [-0.3, -0.25) is 4.79 Å². The Hall–Kier alpha value is -2.88. The molecule has 0 saturated carbocycles. The number of hydrogen-bond acceptors (Lipinski definition) is 1. The standard InChI is InChI=1S/C21H19FN2O/c1-15-7-2-3-8-16(15)20-19-11-6-12-23(19)13-14-24(20)21(25)17-9-4-5-10-18(17)22/h2-12,20H,13-14H2,1H3/t20-/m0/s1. The van der Waals surface area contributed by atoms with Gasteiger partial charge < -0.3 is 9.47 Å². The van der Waals surface area contributed by atoms with Crippen molar-refractivity contribution in [1.29, 1.82) is 0 Å². The van der Waals surface area contributed by atoms with Crippen molar-refractivity contribution in [3.05, 3.63) is 95.1 Å². The van der Waals surface area contributed by atoms with Crippen molar-refractivity contribution < 1.29 is 9.18 Å². The van der Waals surface area contributed by atoms with Crippen molar-refractivity contribution in [1.82, 2.24) is 9.47 Å². The number of fused-ring (bicyclic) bond motifs is 1. The number of nitrogens with zero attached hydrogens (tertiary/aromatic N) is 2. The van der Waals surface area contributed by atoms with E-state index in [0.29, 0.717) is 13.1 Å². The third kappa shape index (κ3) is 2.64. The second kappa shape index (κ2) is 6.20. The lowest BCUT2D eigenvalue weighted by Gasteiger charge is -2.38. The molecular weight excluding hydrogens is 315 g/mol. The number of amides is 1. The monoisotopic (exact) mass is 334 g/mol. The van der Waals surface area contributed by atoms with Gasteiger partial charge in [0, 0.05) is 25.0 Å². The molecule has 4 rings (SSSR count). The zero-order valence-electron chi connectivity index (χ0n) is 14.0. The van der Waals surface area contributed by atoms with Crippen LogP contribution in [0.2, 0.25) is 0 Å². The topological polar surface area (TPSA) is 25.2 Å². The van der Waals surface area contributed by atoms with Crippen LogP contribution in [0.5, 0.6) is 0 Å². The normalized spacial score (nSPS) is 16.6. The van der Waals surface area contributed by atoms with Crippen LogP contribution in [0.25, 0.3) is 0 Å². The van der Waals surface area contributed by atoms with Crippen molar-refractivity contribution in [2.24, 2.45) is 0 Å². The van der Waals surface area contributed by atoms with Crippen LogP contribution >= 0.6 is 0 Å². The number of aromatic nitrogens is 1. The largest absolute Gasteiger partial charge is 0.348 e. The highest BCUT2D eigenvalue weighted by atomic mass is 19.1. The summed E-state index contributed by atoms with van der Waals surface area (Å²) in [4.78, 5) is 14.9. The van der Waals surface area contributed by atoms with E-state index in [1.54, 1.807) is 23.1 Å². The smallest absolute Gasteiger partial charge is 0.257 e. The van der Waals surface area contributed by atoms with Crippen LogP contribution in [-0.2, 0) is 6.54 Å². The molecule has 1 aliphatic rings. The van der Waals surface area contributed by atoms with Crippen molar-refractivity contribution in [3.63, 3.8) is 0 Å². The second-order valence-corrected chi connectivity index (χ2v) is 6.36. The van der Waals surface area contributed by atoms with E-state index in [2.05, 4.69) is 4.57 Å². The molecule has 4 heteroatoms. The fraction of sp³-hybridized carbons (Fsp3) is 0.190. The molecule has 1 aromatic heterocycles. The molecule has 1 atom stereocenters. The molecule has 0 fully saturated rings. The van der Waals surface area contributed by atoms with E-state index in [1.807, 2.05) is 49.5 Å². The number of benzene rings is 2. The predicted octanol–water partition coefficient (Wildman–Crippen LogP) is 4.18. The molecule has 0 radical (unpaired) electrons. The summed E-state index contributed by atoms with van der Waals surface area (Å²) >= 11 is 0. The van der Waals surface area contributed by atoms with Gasteiger partial charge in [0.25, 0.3) is 5.91 Å². The Kier molecular flexibility index (Phi) is 3.88. The lowest BCUT2D eigenvalue weighted by molar-refractivity contribution is 0.0659. The van der Waals surface area contributed by atoms with Gasteiger partial charge in [0.1, 0.15) is 5.82 Å². The highest BCUT2D eigenvalue weighted by Crippen LogP contribution is 2.35. The Morgan fingerprint density at radius 1 is 1.00 bits per heavy atom. The third-order valence-corrected chi connectivity index (χ3v) is 4.89. The first kappa shape index (κ1) is 15.6. The van der Waals surface area contributed by atoms with E-state index >= 15 is 0 Å². The molecule has 3 aromatic rings. The summed E-state index contributed by atoms with van der Waals surface area (Å²) in [5.74, 6) is -0.740. The van der Waals surface area contributed by atoms with Crippen molar-refractivity contribution in [3.8, 4) is 0 Å². The van der Waals surface area contributed by atoms with Gasteiger partial charge in [-0.2, -0.15) is 0 Å². The molecule has 2 aromatic carbocycles. The zero-order chi connectivity index (χ0) is 17.4. The quantitative estimate of drug-likeness (QED) is 0.690. The molecule has 1 amide bonds. The van der Waals surface area contributed by atoms with Gasteiger partial charge >= 0.3 is 0 Å². The minimum Gasteiger partial charge on any atom is -0.348 e. The summed E-state index contributed by atoms with van der Waals surface area (Å²) in [5.41, 5.74) is 3.38. The van der Waals surface area contributed by atoms with Gasteiger partial charge in [0.2, 0.25) is 0 Å². The van der Waals surface area contributed by atoms with E-state index in [-0.39, 0.29) is 17.5 Å². The zero-order valence-corrected chi connectivity index (χ0v) is 14.0. The predicted molar refractivity (Wildman–Crippen MR) is 94.9 cm³/mol. The van der Waals surface area contributed by atoms with Crippen molar-refractivity contribution in [2.75, 3.05) is 6.54 Å². The lowest BCUT2D eigenvalue weighted by Crippen LogP contribution is -2.42. The van der Waals surface area contributed by atoms with Crippen LogP contribution in [0.15, 0.2) is 66.9 Å². The van der Waals surface area contributed by atoms with Crippen LogP contribution in [-0.4, -0.2) is 21.9 Å². The fourth-order valence-corrected chi connectivity index (χ4v) is 3.61. The number of aryl methyl sites for hydroxylation is 1. The van der Waals surface area contributed by atoms with Crippen LogP contribution < -0.4 is 0 Å². The van der Waals surface area contributed by atoms with E-state index in [0.717, 1.165) is 16.8 Å². The molecule has 0 saturated heterocycles. The molecule has 0 aliphatic carbocycles. The van der Waals surface area contributed by atoms with Crippen molar-refractivity contribution in [2.45, 2.75) is 19.5 Å². The van der Waals surface area contributed by atoms with Crippen LogP contribution in [0.3, 0.4) is 0 Å². The van der Waals surface area contributed by atoms with Crippen molar-refractivity contribution >= 4 is 5.91 Å². The minimum absolute atomic E-state index is 0.126. The van der Waals surface area contributed by atoms with E-state index in [4.69, 9.17) is 0 Å². The van der Waals surface area contributed by atoms with Gasteiger partial charge in [-0.1, -0.05) is 36.4 Å². The maximum Gasteiger partial charge on any atom is 0.257 e. The highest BCUT2D eigenvalue weighted by molar-refractivity contribution is 5.95. The second-order valence-electron chi connectivity index (χ2n) is 6.36. The number of hydrogen-bond donors (Lipinski definition) is 0. The number of carbonyl (C=O) groups is 1. The molecule has 0 bridgehead atoms. The number of halogens is 1. The van der Waals surface area contributed by atoms with Gasteiger partial charge in [0.05, 0.1) is 11.6 Å². The summed E-state index contributed by atoms with van der Waals surface area (Å²) in [7, 11) is 0. The Morgan fingerprint density at radius 3 is 2.56 bits per heavy atom. The Morgan fingerprint density at radius 2 is 1.76 bits per heavy atom. The summed E-state index contributed by atoms with van der Waals surface area (Å²) < 4.78 is 16.4. The molecule has 25 heavy (non-hydrogen) atoms. The lowest BCUT2D eigenvalue weighted by atomic mass is 9.95. The Bertz CT molecular complexity index is 931. The SMILES string of the molecule is Cc1ccccc1[C@H]1c2cccn2CCN1C(=O)c1ccccc1F. The maximum absolute atomic E-state index is 14.2. The Labute approximate surface area is 146 Å². The van der Waals surface area contributed by atoms with Gasteiger partial charge in [-0.05, 0) is 42.3 Å². The molecule has 1 aliphatic heterocycles. The molecule has 2 heterocycles. The average Bonchev–Trinajstić information content (AvgIpc) is 3.10. The maximum atomic E-state index is 14.2. The molecule has 126 valence electrons. The average molecular weight is 334 g/mol. The van der Waals surface area contributed by atoms with E-state index < -0.39 is 5.82 Å². The first-order valence-corrected chi connectivity index (χ1v) is 8.43. The van der Waals surface area contributed by atoms with Crippen LogP contribution in [0.1, 0.15) is 33.2 Å². The summed E-state index contributed by atoms with van der Waals surface area (Å²) in [6.07, 6.45) is 2.03. The van der Waals surface area contributed by atoms with Gasteiger partial charge in [-0.25, -0.2) is 4.39 Å². The van der Waals surface area contributed by atoms with E-state index in [9.17, 15) is 9.18 Å². The molecule has 3 nitrogen and oxygen atoms in total. The van der Waals surface area contributed by atoms with Crippen LogP contribution in [0, 0.1) is 12.7 Å². The summed E-state index contributed by atoms with van der Waals surface area (Å²) in [5, 5.41) is 0. The number of carbonyl (C=O) groups excluding carboxylic acids is 1. The fourth-order valence-electron chi connectivity index (χ4n) is 3.61. The third-order valence-electron chi connectivity index (χ3n) is 4.89. The molecule has 0 unspecified atom stereocenters. The summed E-state index contributed by atoms with van der Waals surface area (Å²) in [6, 6.07) is 18.1. The van der Waals surface area contributed by atoms with E-state index in [1.165, 1.54) is 6.07 Å². The Balaban J connectivity index is 1.83. The number of rotatable bonds is 2. The summed E-state index contributed by atoms with van der Waals surface area (Å²) in [6.45, 7) is 3.31. The first-order chi connectivity index (χ1) is 12.2. The van der Waals surface area contributed by atoms with Gasteiger partial charge in [-0.15, -0.1) is 0 Å². The van der Waals surface area contributed by atoms with Gasteiger partial charge in [0.15, 0.2) is 0 Å². The minimum atomic E-state index is -0.475. The first-order valence-electron chi connectivity index (χ1n) is 8.43. The molecule has 0 spiro atoms. The molecular formula is C21H19FN2O. The highest BCUT2D eigenvalue weighted by Gasteiger charge is 2.34.